The number of unbranched alkanes of at least 4 members (excludes halogenated alkanes) is 1. The van der Waals surface area contributed by atoms with Crippen molar-refractivity contribution in [1.82, 2.24) is 15.5 Å². The van der Waals surface area contributed by atoms with Gasteiger partial charge in [0.2, 0.25) is 0 Å². The standard InChI is InChI=1S/C22H24P.C4H8N2S4.C3H7NS2.Zn/c1-2-3-19-23(20-13-7-4-8-14-20,21-15-9-5-10-16-21)22-17-11-6-12-18-22;7-3(8)5-1-2-6-4(9)10;1-4(2)3(5)6;/h4-18H,2-3,19H2,1H3;1-2H2,(H2,5,7,8)(H2,6,9,10);1-2H3,(H,5,6);/q+1;;;+2. The molecule has 40 heavy (non-hydrogen) atoms. The van der Waals surface area contributed by atoms with Crippen LogP contribution < -0.4 is 26.5 Å². The van der Waals surface area contributed by atoms with Crippen molar-refractivity contribution in [3.63, 3.8) is 0 Å². The number of thiocarbonyl (C=S) groups is 3. The predicted octanol–water partition coefficient (Wildman–Crippen LogP) is 6.14. The average molecular weight is 718 g/mol. The fraction of sp³-hybridized carbons (Fsp3) is 0.276. The van der Waals surface area contributed by atoms with E-state index in [0.717, 1.165) is 0 Å². The Hall–Kier alpha value is -0.567. The average Bonchev–Trinajstić information content (AvgIpc) is 2.94. The predicted molar refractivity (Wildman–Crippen MR) is 199 cm³/mol. The molecule has 0 fully saturated rings. The number of hydrogen-bond donors (Lipinski definition) is 5. The number of nitrogens with zero attached hydrogens (tertiary/aromatic N) is 1. The van der Waals surface area contributed by atoms with E-state index in [9.17, 15) is 0 Å². The molecule has 0 aliphatic heterocycles. The summed E-state index contributed by atoms with van der Waals surface area (Å²) in [7, 11) is 2.14. The smallest absolute Gasteiger partial charge is 0.369 e. The Bertz CT molecular complexity index is 1010. The molecule has 0 heterocycles. The van der Waals surface area contributed by atoms with Crippen LogP contribution in [0, 0.1) is 0 Å². The van der Waals surface area contributed by atoms with Crippen molar-refractivity contribution in [3.8, 4) is 0 Å². The van der Waals surface area contributed by atoms with Crippen LogP contribution in [0.15, 0.2) is 91.0 Å². The number of nitrogens with one attached hydrogen (secondary N) is 2. The molecule has 11 heteroatoms. The summed E-state index contributed by atoms with van der Waals surface area (Å²) in [6.45, 7) is 3.71. The fourth-order valence-electron chi connectivity index (χ4n) is 3.62. The van der Waals surface area contributed by atoms with Crippen molar-refractivity contribution >= 4 is 111 Å². The van der Waals surface area contributed by atoms with E-state index in [1.165, 1.54) is 34.9 Å². The van der Waals surface area contributed by atoms with Gasteiger partial charge in [0.15, 0.2) is 0 Å². The molecular formula is C29H39N3PS6Zn+3. The topological polar surface area (TPSA) is 27.3 Å². The summed E-state index contributed by atoms with van der Waals surface area (Å²) in [5, 5.41) is 10.2. The van der Waals surface area contributed by atoms with Gasteiger partial charge >= 0.3 is 19.5 Å². The molecule has 0 amide bonds. The van der Waals surface area contributed by atoms with Crippen LogP contribution in [0.25, 0.3) is 0 Å². The van der Waals surface area contributed by atoms with E-state index in [1.54, 1.807) is 4.90 Å². The van der Waals surface area contributed by atoms with Crippen LogP contribution in [0.5, 0.6) is 0 Å². The zero-order valence-corrected chi connectivity index (χ0v) is 32.4. The van der Waals surface area contributed by atoms with Gasteiger partial charge in [0.1, 0.15) is 36.1 Å². The molecule has 0 radical (unpaired) electrons. The fourth-order valence-corrected chi connectivity index (χ4v) is 8.55. The monoisotopic (exact) mass is 716 g/mol. The van der Waals surface area contributed by atoms with E-state index < -0.39 is 7.26 Å². The molecule has 3 rings (SSSR count). The first-order valence-corrected chi connectivity index (χ1v) is 17.1. The van der Waals surface area contributed by atoms with Crippen LogP contribution in [-0.2, 0) is 19.5 Å². The van der Waals surface area contributed by atoms with Crippen LogP contribution in [-0.4, -0.2) is 51.2 Å². The van der Waals surface area contributed by atoms with Gasteiger partial charge in [-0.15, -0.1) is 37.9 Å². The largest absolute Gasteiger partial charge is 2.00 e. The first-order chi connectivity index (χ1) is 18.6. The van der Waals surface area contributed by atoms with E-state index >= 15 is 0 Å². The maximum absolute atomic E-state index is 4.65. The van der Waals surface area contributed by atoms with Crippen LogP contribution in [0.3, 0.4) is 0 Å². The van der Waals surface area contributed by atoms with Gasteiger partial charge in [-0.25, -0.2) is 0 Å². The number of benzene rings is 3. The summed E-state index contributed by atoms with van der Waals surface area (Å²) in [6, 6.07) is 33.4. The van der Waals surface area contributed by atoms with E-state index in [2.05, 4.69) is 183 Å². The second-order valence-electron chi connectivity index (χ2n) is 8.53. The quantitative estimate of drug-likeness (QED) is 0.0602. The van der Waals surface area contributed by atoms with Gasteiger partial charge < -0.3 is 15.5 Å². The molecular weight excluding hydrogens is 679 g/mol. The minimum absolute atomic E-state index is 0. The Labute approximate surface area is 287 Å². The zero-order chi connectivity index (χ0) is 29.1. The molecule has 0 saturated carbocycles. The van der Waals surface area contributed by atoms with Crippen LogP contribution >= 0.6 is 81.8 Å². The molecule has 0 aromatic heterocycles. The molecule has 3 aromatic carbocycles. The second kappa shape index (κ2) is 23.0. The van der Waals surface area contributed by atoms with Gasteiger partial charge in [0.25, 0.3) is 0 Å². The molecule has 0 aliphatic carbocycles. The van der Waals surface area contributed by atoms with Gasteiger partial charge in [0, 0.05) is 27.2 Å². The summed E-state index contributed by atoms with van der Waals surface area (Å²) >= 11 is 25.5. The summed E-state index contributed by atoms with van der Waals surface area (Å²) in [6.07, 6.45) is 3.72. The summed E-state index contributed by atoms with van der Waals surface area (Å²) < 4.78 is 1.61. The van der Waals surface area contributed by atoms with Gasteiger partial charge in [0.05, 0.1) is 6.16 Å². The van der Waals surface area contributed by atoms with Crippen molar-refractivity contribution in [2.75, 3.05) is 33.3 Å². The zero-order valence-electron chi connectivity index (χ0n) is 23.4. The maximum atomic E-state index is 4.65. The van der Waals surface area contributed by atoms with Crippen molar-refractivity contribution in [2.45, 2.75) is 19.8 Å². The number of rotatable bonds is 9. The molecule has 0 spiro atoms. The van der Waals surface area contributed by atoms with Crippen LogP contribution in [0.4, 0.5) is 0 Å². The van der Waals surface area contributed by atoms with E-state index in [1.807, 2.05) is 14.1 Å². The van der Waals surface area contributed by atoms with Crippen molar-refractivity contribution in [2.24, 2.45) is 0 Å². The van der Waals surface area contributed by atoms with E-state index in [-0.39, 0.29) is 19.5 Å². The van der Waals surface area contributed by atoms with Crippen LogP contribution in [0.1, 0.15) is 19.8 Å². The SMILES string of the molecule is CCCC[P+](c1ccccc1)(c1ccccc1)c1ccccc1.CN(C)C(=S)S.S=C(S)NCCNC(=S)S.[Zn+2]. The Morgan fingerprint density at radius 1 is 0.675 bits per heavy atom. The molecule has 0 unspecified atom stereocenters. The molecule has 210 valence electrons. The summed E-state index contributed by atoms with van der Waals surface area (Å²) in [5.41, 5.74) is 0. The summed E-state index contributed by atoms with van der Waals surface area (Å²) in [4.78, 5) is 1.76. The van der Waals surface area contributed by atoms with E-state index in [4.69, 9.17) is 0 Å². The van der Waals surface area contributed by atoms with Gasteiger partial charge in [-0.05, 0) is 42.8 Å². The van der Waals surface area contributed by atoms with Gasteiger partial charge in [-0.2, -0.15) is 0 Å². The molecule has 0 aliphatic rings. The third-order valence-electron chi connectivity index (χ3n) is 5.50. The van der Waals surface area contributed by atoms with Gasteiger partial charge in [-0.1, -0.05) is 105 Å². The molecule has 0 saturated heterocycles. The molecule has 0 bridgehead atoms. The third kappa shape index (κ3) is 15.1. The van der Waals surface area contributed by atoms with Crippen LogP contribution in [0.2, 0.25) is 0 Å². The Morgan fingerprint density at radius 3 is 1.20 bits per heavy atom. The Kier molecular flexibility index (Phi) is 22.6. The third-order valence-corrected chi connectivity index (χ3v) is 11.4. The molecule has 2 N–H and O–H groups in total. The van der Waals surface area contributed by atoms with Crippen molar-refractivity contribution < 1.29 is 19.5 Å². The van der Waals surface area contributed by atoms with Gasteiger partial charge in [-0.3, -0.25) is 0 Å². The Morgan fingerprint density at radius 2 is 0.975 bits per heavy atom. The second-order valence-corrected chi connectivity index (χ2v) is 15.6. The first-order valence-electron chi connectivity index (χ1n) is 12.5. The number of hydrogen-bond acceptors (Lipinski definition) is 3. The van der Waals surface area contributed by atoms with Crippen molar-refractivity contribution in [1.29, 1.82) is 0 Å². The first kappa shape index (κ1) is 39.4. The van der Waals surface area contributed by atoms with E-state index in [0.29, 0.717) is 26.1 Å². The summed E-state index contributed by atoms with van der Waals surface area (Å²) in [5.74, 6) is 0. The molecule has 3 nitrogen and oxygen atoms in total. The maximum Gasteiger partial charge on any atom is 2.00 e. The molecule has 3 aromatic rings. The minimum atomic E-state index is -1.57. The van der Waals surface area contributed by atoms with Crippen molar-refractivity contribution in [3.05, 3.63) is 91.0 Å². The molecule has 0 atom stereocenters. The Balaban J connectivity index is 0.000000748. The number of thiol groups is 3. The minimum Gasteiger partial charge on any atom is -0.369 e. The normalized spacial score (nSPS) is 9.85.